The second-order valence-corrected chi connectivity index (χ2v) is 33.5. The first-order valence-corrected chi connectivity index (χ1v) is 35.8. The Balaban J connectivity index is 0.000000151. The van der Waals surface area contributed by atoms with E-state index in [1.807, 2.05) is 24.3 Å². The van der Waals surface area contributed by atoms with Crippen LogP contribution in [0.3, 0.4) is 0 Å². The third-order valence-corrected chi connectivity index (χ3v) is 25.1. The van der Waals surface area contributed by atoms with Gasteiger partial charge in [-0.1, -0.05) is 234 Å². The van der Waals surface area contributed by atoms with Gasteiger partial charge in [-0.25, -0.2) is 0 Å². The van der Waals surface area contributed by atoms with Crippen molar-refractivity contribution in [2.24, 2.45) is 0 Å². The van der Waals surface area contributed by atoms with Gasteiger partial charge in [0.25, 0.3) is 0 Å². The number of carbonyl (C=O) groups excluding carboxylic acids is 3. The van der Waals surface area contributed by atoms with Crippen molar-refractivity contribution in [1.82, 2.24) is 0 Å². The number of Topliss-reactive ketones (excluding diaryl/α,β-unsaturated/α-hetero) is 3. The number of benzene rings is 6. The number of aliphatic hydroxyl groups excluding tert-OH is 1. The molecule has 0 radical (unpaired) electrons. The number of hydrogen-bond donors (Lipinski definition) is 1. The first-order chi connectivity index (χ1) is 42.1. The summed E-state index contributed by atoms with van der Waals surface area (Å²) in [7, 11) is -0.0689. The number of halogens is 1. The van der Waals surface area contributed by atoms with E-state index >= 15 is 0 Å². The predicted octanol–water partition coefficient (Wildman–Crippen LogP) is 22.6. The molecule has 3 fully saturated rings. The van der Waals surface area contributed by atoms with Crippen LogP contribution in [-0.2, 0) is 36.0 Å². The quantitative estimate of drug-likeness (QED) is 0.116. The molecule has 3 saturated carbocycles. The Morgan fingerprint density at radius 3 is 1.29 bits per heavy atom. The number of fused-ring (bicyclic) bond motifs is 2. The summed E-state index contributed by atoms with van der Waals surface area (Å²) < 4.78 is 1.10. The van der Waals surface area contributed by atoms with Crippen LogP contribution in [0.2, 0.25) is 0 Å². The molecule has 0 amide bonds. The number of ketones is 3. The molecule has 470 valence electrons. The Hall–Kier alpha value is -5.74. The highest BCUT2D eigenvalue weighted by atomic mass is 79.9. The zero-order valence-corrected chi connectivity index (χ0v) is 58.9. The van der Waals surface area contributed by atoms with Gasteiger partial charge < -0.3 is 5.11 Å². The molecule has 6 aromatic carbocycles. The van der Waals surface area contributed by atoms with Crippen LogP contribution in [0.1, 0.15) is 255 Å². The van der Waals surface area contributed by atoms with Crippen LogP contribution in [0.25, 0.3) is 27.8 Å². The summed E-state index contributed by atoms with van der Waals surface area (Å²) in [4.78, 5) is 32.5. The maximum absolute atomic E-state index is 12.1. The largest absolute Gasteiger partial charge is 0.512 e. The van der Waals surface area contributed by atoms with E-state index in [1.54, 1.807) is 10.9 Å². The number of hydrogen-bond acceptors (Lipinski definition) is 4. The Labute approximate surface area is 545 Å². The highest BCUT2D eigenvalue weighted by Gasteiger charge is 2.40. The topological polar surface area (TPSA) is 71.4 Å². The monoisotopic (exact) mass is 1270 g/mol. The van der Waals surface area contributed by atoms with E-state index in [0.29, 0.717) is 31.3 Å². The maximum Gasteiger partial charge on any atom is 0.167 e. The minimum Gasteiger partial charge on any atom is -0.512 e. The standard InChI is InChI=1S/C28H32O2.C27H37P.C23H27Br.C5H6O2/c1-17-15-22-23(28(5,6)14-13-27(22,3)4)16-21(17)18(2)19-7-9-20(10-8-19)26-24(29)11-12-25(26)30;1-20-18-21(2)27(22(3)19-20)25-16-10-11-17-26(25)28(23-12-6-4-7-13-23)24-14-8-5-9-15-24;1-15-13-20-21(23(5,6)12-11-22(20,3)4)14-19(15)16(2)17-7-9-18(24)10-8-17;6-4-1-2-5(7)3-4/h7-10,15-16,29H,2,11-14H2,1,3-6H3;10-11,16-19,23-24H,4-9,12-15H2,1-3H3;7-10,13-14H,2,11-12H2,1,3-6H3;1-3H2. The molecule has 0 atom stereocenters. The molecule has 6 aliphatic carbocycles. The van der Waals surface area contributed by atoms with Crippen molar-refractivity contribution in [3.63, 3.8) is 0 Å². The minimum atomic E-state index is -0.0689. The maximum atomic E-state index is 12.1. The van der Waals surface area contributed by atoms with E-state index in [2.05, 4.69) is 204 Å². The molecule has 0 unspecified atom stereocenters. The van der Waals surface area contributed by atoms with Gasteiger partial charge in [0.05, 0.1) is 12.0 Å². The fraction of sp³-hybridized carbons (Fsp3) is 0.458. The Morgan fingerprint density at radius 1 is 0.494 bits per heavy atom. The molecule has 0 spiro atoms. The van der Waals surface area contributed by atoms with Gasteiger partial charge in [-0.2, -0.15) is 0 Å². The smallest absolute Gasteiger partial charge is 0.167 e. The van der Waals surface area contributed by atoms with Crippen molar-refractivity contribution in [2.75, 3.05) is 0 Å². The molecule has 0 heterocycles. The van der Waals surface area contributed by atoms with Crippen molar-refractivity contribution in [3.8, 4) is 11.1 Å². The third-order valence-electron chi connectivity index (χ3n) is 21.1. The second kappa shape index (κ2) is 28.0. The number of rotatable bonds is 9. The predicted molar refractivity (Wildman–Crippen MR) is 384 cm³/mol. The first-order valence-electron chi connectivity index (χ1n) is 33.6. The van der Waals surface area contributed by atoms with Gasteiger partial charge in [0.2, 0.25) is 0 Å². The molecule has 6 heteroatoms. The van der Waals surface area contributed by atoms with Crippen LogP contribution >= 0.6 is 23.9 Å². The van der Waals surface area contributed by atoms with Crippen molar-refractivity contribution >= 4 is 63.2 Å². The molecule has 0 bridgehead atoms. The van der Waals surface area contributed by atoms with Gasteiger partial charge in [-0.15, -0.1) is 0 Å². The number of allylic oxidation sites excluding steroid dienone is 2. The molecule has 0 aromatic heterocycles. The number of carbonyl (C=O) groups is 3. The lowest BCUT2D eigenvalue weighted by atomic mass is 9.62. The lowest BCUT2D eigenvalue weighted by Gasteiger charge is -2.42. The summed E-state index contributed by atoms with van der Waals surface area (Å²) in [6.07, 6.45) is 21.5. The van der Waals surface area contributed by atoms with E-state index in [9.17, 15) is 19.5 Å². The fourth-order valence-electron chi connectivity index (χ4n) is 15.5. The van der Waals surface area contributed by atoms with E-state index in [1.165, 1.54) is 162 Å². The third kappa shape index (κ3) is 15.4. The molecular weight excluding hydrogens is 1170 g/mol. The summed E-state index contributed by atoms with van der Waals surface area (Å²) in [5.41, 5.74) is 26.7. The van der Waals surface area contributed by atoms with Crippen LogP contribution < -0.4 is 5.30 Å². The van der Waals surface area contributed by atoms with Crippen LogP contribution in [0.15, 0.2) is 133 Å². The van der Waals surface area contributed by atoms with E-state index in [-0.39, 0.29) is 59.1 Å². The highest BCUT2D eigenvalue weighted by Crippen LogP contribution is 2.57. The zero-order valence-electron chi connectivity index (χ0n) is 56.4. The van der Waals surface area contributed by atoms with E-state index < -0.39 is 0 Å². The Kier molecular flexibility index (Phi) is 21.3. The Bertz CT molecular complexity index is 3610. The summed E-state index contributed by atoms with van der Waals surface area (Å²) in [5.74, 6) is 0.436. The van der Waals surface area contributed by atoms with Gasteiger partial charge in [0, 0.05) is 30.2 Å². The van der Waals surface area contributed by atoms with Crippen molar-refractivity contribution in [3.05, 3.63) is 210 Å². The van der Waals surface area contributed by atoms with Crippen molar-refractivity contribution in [1.29, 1.82) is 0 Å². The summed E-state index contributed by atoms with van der Waals surface area (Å²) in [6.45, 7) is 39.0. The molecular formula is C83H102BrO4P. The average Bonchev–Trinajstić information content (AvgIpc) is 1.36. The van der Waals surface area contributed by atoms with Crippen LogP contribution in [-0.4, -0.2) is 33.8 Å². The van der Waals surface area contributed by atoms with Gasteiger partial charge in [0.1, 0.15) is 17.3 Å². The Morgan fingerprint density at radius 2 is 0.899 bits per heavy atom. The molecule has 6 aliphatic rings. The second-order valence-electron chi connectivity index (χ2n) is 29.8. The summed E-state index contributed by atoms with van der Waals surface area (Å²) in [6, 6.07) is 40.2. The van der Waals surface area contributed by atoms with Crippen LogP contribution in [0.4, 0.5) is 0 Å². The zero-order chi connectivity index (χ0) is 64.3. The lowest BCUT2D eigenvalue weighted by Crippen LogP contribution is -2.34. The molecule has 0 saturated heterocycles. The summed E-state index contributed by atoms with van der Waals surface area (Å²) >= 11 is 3.51. The molecule has 12 rings (SSSR count). The van der Waals surface area contributed by atoms with Gasteiger partial charge in [-0.05, 0) is 231 Å². The average molecular weight is 1270 g/mol. The number of aliphatic hydroxyl groups is 1. The lowest BCUT2D eigenvalue weighted by molar-refractivity contribution is -0.121. The first kappa shape index (κ1) is 67.6. The van der Waals surface area contributed by atoms with Crippen molar-refractivity contribution in [2.45, 2.75) is 245 Å². The summed E-state index contributed by atoms with van der Waals surface area (Å²) in [5, 5.41) is 11.8. The van der Waals surface area contributed by atoms with Gasteiger partial charge >= 0.3 is 0 Å². The van der Waals surface area contributed by atoms with Crippen LogP contribution in [0.5, 0.6) is 0 Å². The molecule has 6 aromatic rings. The van der Waals surface area contributed by atoms with Crippen LogP contribution in [0, 0.1) is 34.6 Å². The molecule has 1 N–H and O–H groups in total. The number of aryl methyl sites for hydroxylation is 5. The van der Waals surface area contributed by atoms with Gasteiger partial charge in [-0.3, -0.25) is 14.4 Å². The molecule has 0 aliphatic heterocycles. The minimum absolute atomic E-state index is 0.0226. The van der Waals surface area contributed by atoms with Gasteiger partial charge in [0.15, 0.2) is 5.78 Å². The van der Waals surface area contributed by atoms with E-state index in [4.69, 9.17) is 0 Å². The normalized spacial score (nSPS) is 19.2. The van der Waals surface area contributed by atoms with Crippen molar-refractivity contribution < 1.29 is 19.5 Å². The fourth-order valence-corrected chi connectivity index (χ4v) is 19.7. The SMILES string of the molecule is C=C(c1ccc(Br)cc1)c1cc2c(cc1C)C(C)(C)CCC2(C)C.C=C(c1ccc(C2=C(O)CCC2=O)cc1)c1cc2c(cc1C)C(C)(C)CCC2(C)C.Cc1cc(C)c(-c2ccccc2P(C2CCCCC2)C2CCCCC2)c(C)c1.O=C1CCC(=O)C1. The van der Waals surface area contributed by atoms with E-state index in [0.717, 1.165) is 38.1 Å². The molecule has 4 nitrogen and oxygen atoms in total. The highest BCUT2D eigenvalue weighted by molar-refractivity contribution is 9.10. The molecule has 89 heavy (non-hydrogen) atoms.